The number of anilines is 1. The number of halogens is 3. The largest absolute Gasteiger partial charge is 0.455 e. The number of ether oxygens (including phenoxy) is 1. The Kier molecular flexibility index (Phi) is 4.13. The summed E-state index contributed by atoms with van der Waals surface area (Å²) in [5, 5.41) is 4.42. The average molecular weight is 316 g/mol. The molecule has 21 heavy (non-hydrogen) atoms. The maximum atomic E-state index is 13.5. The van der Waals surface area contributed by atoms with E-state index >= 15 is 0 Å². The van der Waals surface area contributed by atoms with Gasteiger partial charge < -0.3 is 10.5 Å². The number of nitrogen functional groups attached to an aromatic ring is 1. The Hall–Kier alpha value is -2.15. The number of carbonyl (C=O) groups is 1. The van der Waals surface area contributed by atoms with Crippen molar-refractivity contribution in [3.05, 3.63) is 45.7 Å². The third-order valence-corrected chi connectivity index (χ3v) is 3.40. The van der Waals surface area contributed by atoms with Gasteiger partial charge in [0, 0.05) is 13.1 Å². The van der Waals surface area contributed by atoms with E-state index in [1.54, 1.807) is 14.0 Å². The van der Waals surface area contributed by atoms with Crippen LogP contribution >= 0.6 is 11.6 Å². The molecule has 1 heterocycles. The predicted molar refractivity (Wildman–Crippen MR) is 72.8 cm³/mol. The Balaban J connectivity index is 2.17. The minimum absolute atomic E-state index is 0.189. The lowest BCUT2D eigenvalue weighted by molar-refractivity contribution is 0.0458. The number of esters is 1. The van der Waals surface area contributed by atoms with E-state index in [2.05, 4.69) is 5.10 Å². The van der Waals surface area contributed by atoms with Crippen molar-refractivity contribution in [2.75, 3.05) is 5.73 Å². The van der Waals surface area contributed by atoms with Crippen LogP contribution in [0.5, 0.6) is 0 Å². The molecule has 2 rings (SSSR count). The lowest BCUT2D eigenvalue weighted by Crippen LogP contribution is -2.11. The highest BCUT2D eigenvalue weighted by Crippen LogP contribution is 2.22. The van der Waals surface area contributed by atoms with Gasteiger partial charge in [0.25, 0.3) is 0 Å². The maximum absolute atomic E-state index is 13.5. The first kappa shape index (κ1) is 15.2. The second-order valence-electron chi connectivity index (χ2n) is 4.40. The highest BCUT2D eigenvalue weighted by atomic mass is 35.5. The summed E-state index contributed by atoms with van der Waals surface area (Å²) >= 11 is 6.00. The molecule has 0 aliphatic heterocycles. The quantitative estimate of drug-likeness (QED) is 0.698. The number of hydrogen-bond donors (Lipinski definition) is 1. The van der Waals surface area contributed by atoms with Crippen LogP contribution in [0.3, 0.4) is 0 Å². The Labute approximate surface area is 124 Å². The van der Waals surface area contributed by atoms with Crippen LogP contribution in [0.1, 0.15) is 21.7 Å². The molecule has 8 heteroatoms. The summed E-state index contributed by atoms with van der Waals surface area (Å²) in [6.07, 6.45) is 0. The minimum Gasteiger partial charge on any atom is -0.455 e. The molecular formula is C13H12ClF2N3O2. The van der Waals surface area contributed by atoms with Crippen molar-refractivity contribution < 1.29 is 18.3 Å². The van der Waals surface area contributed by atoms with Crippen LogP contribution in [0.25, 0.3) is 0 Å². The van der Waals surface area contributed by atoms with E-state index in [9.17, 15) is 13.6 Å². The number of nitrogens with two attached hydrogens (primary N) is 1. The minimum atomic E-state index is -1.04. The molecule has 0 atom stereocenters. The van der Waals surface area contributed by atoms with Crippen molar-refractivity contribution in [1.29, 1.82) is 0 Å². The van der Waals surface area contributed by atoms with Gasteiger partial charge >= 0.3 is 5.97 Å². The number of aromatic nitrogens is 2. The standard InChI is InChI=1S/C13H12ClF2N3O2/c1-6-12(14)11(19(2)18-6)5-21-13(20)7-3-10(17)9(16)4-8(7)15/h3-4H,5,17H2,1-2H3. The average Bonchev–Trinajstić information content (AvgIpc) is 2.65. The Morgan fingerprint density at radius 1 is 1.43 bits per heavy atom. The van der Waals surface area contributed by atoms with Gasteiger partial charge in [0.2, 0.25) is 0 Å². The molecule has 2 aromatic rings. The Morgan fingerprint density at radius 3 is 2.67 bits per heavy atom. The van der Waals surface area contributed by atoms with Crippen LogP contribution in [0, 0.1) is 18.6 Å². The number of rotatable bonds is 3. The van der Waals surface area contributed by atoms with Crippen molar-refractivity contribution in [3.8, 4) is 0 Å². The smallest absolute Gasteiger partial charge is 0.341 e. The summed E-state index contributed by atoms with van der Waals surface area (Å²) in [6.45, 7) is 1.51. The third kappa shape index (κ3) is 2.97. The first-order chi connectivity index (χ1) is 9.81. The van der Waals surface area contributed by atoms with Gasteiger partial charge in [0.15, 0.2) is 0 Å². The maximum Gasteiger partial charge on any atom is 0.341 e. The monoisotopic (exact) mass is 315 g/mol. The van der Waals surface area contributed by atoms with Crippen molar-refractivity contribution in [1.82, 2.24) is 9.78 Å². The molecule has 0 aliphatic rings. The molecule has 0 spiro atoms. The van der Waals surface area contributed by atoms with Crippen LogP contribution in [0.4, 0.5) is 14.5 Å². The molecular weight excluding hydrogens is 304 g/mol. The number of hydrogen-bond acceptors (Lipinski definition) is 4. The fourth-order valence-corrected chi connectivity index (χ4v) is 1.99. The van der Waals surface area contributed by atoms with Crippen molar-refractivity contribution >= 4 is 23.3 Å². The van der Waals surface area contributed by atoms with Gasteiger partial charge in [-0.1, -0.05) is 11.6 Å². The molecule has 5 nitrogen and oxygen atoms in total. The molecule has 0 radical (unpaired) electrons. The summed E-state index contributed by atoms with van der Waals surface area (Å²) in [7, 11) is 1.64. The summed E-state index contributed by atoms with van der Waals surface area (Å²) in [5.74, 6) is -2.94. The molecule has 2 N–H and O–H groups in total. The van der Waals surface area contributed by atoms with E-state index in [1.807, 2.05) is 0 Å². The summed E-state index contributed by atoms with van der Waals surface area (Å²) in [5.41, 5.74) is 5.58. The lowest BCUT2D eigenvalue weighted by atomic mass is 10.2. The summed E-state index contributed by atoms with van der Waals surface area (Å²) in [6, 6.07) is 1.43. The molecule has 0 saturated heterocycles. The van der Waals surface area contributed by atoms with E-state index in [4.69, 9.17) is 22.1 Å². The number of nitrogens with zero attached hydrogens (tertiary/aromatic N) is 2. The zero-order valence-corrected chi connectivity index (χ0v) is 12.0. The van der Waals surface area contributed by atoms with Crippen molar-refractivity contribution in [2.24, 2.45) is 7.05 Å². The second-order valence-corrected chi connectivity index (χ2v) is 4.78. The van der Waals surface area contributed by atoms with E-state index in [1.165, 1.54) is 4.68 Å². The third-order valence-electron chi connectivity index (χ3n) is 2.91. The number of benzene rings is 1. The van der Waals surface area contributed by atoms with E-state index in [-0.39, 0.29) is 12.3 Å². The van der Waals surface area contributed by atoms with E-state index < -0.39 is 23.2 Å². The molecule has 1 aromatic carbocycles. The van der Waals surface area contributed by atoms with Gasteiger partial charge in [-0.15, -0.1) is 0 Å². The van der Waals surface area contributed by atoms with Crippen molar-refractivity contribution in [2.45, 2.75) is 13.5 Å². The first-order valence-corrected chi connectivity index (χ1v) is 6.28. The van der Waals surface area contributed by atoms with Gasteiger partial charge in [-0.25, -0.2) is 13.6 Å². The molecule has 0 unspecified atom stereocenters. The van der Waals surface area contributed by atoms with Crippen LogP contribution in [0.2, 0.25) is 5.02 Å². The highest BCUT2D eigenvalue weighted by Gasteiger charge is 2.18. The van der Waals surface area contributed by atoms with Gasteiger partial charge in [-0.05, 0) is 13.0 Å². The molecule has 112 valence electrons. The van der Waals surface area contributed by atoms with Crippen LogP contribution in [-0.2, 0) is 18.4 Å². The molecule has 0 fully saturated rings. The summed E-state index contributed by atoms with van der Waals surface area (Å²) in [4.78, 5) is 11.8. The molecule has 0 amide bonds. The normalized spacial score (nSPS) is 10.7. The summed E-state index contributed by atoms with van der Waals surface area (Å²) < 4.78 is 33.0. The Bertz CT molecular complexity index is 716. The number of aryl methyl sites for hydroxylation is 2. The van der Waals surface area contributed by atoms with Gasteiger partial charge in [0.05, 0.1) is 27.7 Å². The molecule has 0 aliphatic carbocycles. The zero-order chi connectivity index (χ0) is 15.7. The lowest BCUT2D eigenvalue weighted by Gasteiger charge is -2.07. The van der Waals surface area contributed by atoms with E-state index in [0.29, 0.717) is 22.5 Å². The van der Waals surface area contributed by atoms with Crippen LogP contribution < -0.4 is 5.73 Å². The van der Waals surface area contributed by atoms with Crippen LogP contribution in [-0.4, -0.2) is 15.7 Å². The van der Waals surface area contributed by atoms with Gasteiger partial charge in [0.1, 0.15) is 18.2 Å². The fraction of sp³-hybridized carbons (Fsp3) is 0.231. The zero-order valence-electron chi connectivity index (χ0n) is 11.3. The van der Waals surface area contributed by atoms with Crippen molar-refractivity contribution in [3.63, 3.8) is 0 Å². The molecule has 0 bridgehead atoms. The highest BCUT2D eigenvalue weighted by molar-refractivity contribution is 6.31. The fourth-order valence-electron chi connectivity index (χ4n) is 1.77. The molecule has 0 saturated carbocycles. The van der Waals surface area contributed by atoms with Gasteiger partial charge in [-0.2, -0.15) is 5.10 Å². The number of carbonyl (C=O) groups excluding carboxylic acids is 1. The second kappa shape index (κ2) is 5.69. The topological polar surface area (TPSA) is 70.1 Å². The predicted octanol–water partition coefficient (Wildman–Crippen LogP) is 2.60. The molecule has 1 aromatic heterocycles. The van der Waals surface area contributed by atoms with Crippen LogP contribution in [0.15, 0.2) is 12.1 Å². The Morgan fingerprint density at radius 2 is 2.10 bits per heavy atom. The van der Waals surface area contributed by atoms with Gasteiger partial charge in [-0.3, -0.25) is 4.68 Å². The first-order valence-electron chi connectivity index (χ1n) is 5.91. The SMILES string of the molecule is Cc1nn(C)c(COC(=O)c2cc(N)c(F)cc2F)c1Cl. The van der Waals surface area contributed by atoms with E-state index in [0.717, 1.165) is 6.07 Å².